The van der Waals surface area contributed by atoms with Crippen LogP contribution in [0.3, 0.4) is 0 Å². The molecule has 0 bridgehead atoms. The average Bonchev–Trinajstić information content (AvgIpc) is 2.84. The smallest absolute Gasteiger partial charge is 0.224 e. The zero-order valence-electron chi connectivity index (χ0n) is 18.9. The second-order valence-corrected chi connectivity index (χ2v) is 8.71. The van der Waals surface area contributed by atoms with E-state index in [1.807, 2.05) is 54.6 Å². The molecule has 0 spiro atoms. The van der Waals surface area contributed by atoms with E-state index in [2.05, 4.69) is 10.6 Å². The molecule has 4 nitrogen and oxygen atoms in total. The summed E-state index contributed by atoms with van der Waals surface area (Å²) in [7, 11) is 0. The van der Waals surface area contributed by atoms with E-state index in [0.29, 0.717) is 41.8 Å². The third kappa shape index (κ3) is 7.07. The quantitative estimate of drug-likeness (QED) is 0.359. The minimum Gasteiger partial charge on any atom is -0.489 e. The van der Waals surface area contributed by atoms with Crippen LogP contribution in [0.1, 0.15) is 50.5 Å². The van der Waals surface area contributed by atoms with Gasteiger partial charge in [-0.3, -0.25) is 4.79 Å². The lowest BCUT2D eigenvalue weighted by Crippen LogP contribution is -2.14. The summed E-state index contributed by atoms with van der Waals surface area (Å²) in [4.78, 5) is 12.4. The zero-order chi connectivity index (χ0) is 22.9. The predicted octanol–water partition coefficient (Wildman–Crippen LogP) is 7.45. The van der Waals surface area contributed by atoms with Gasteiger partial charge >= 0.3 is 0 Å². The normalized spacial score (nSPS) is 14.0. The topological polar surface area (TPSA) is 50.4 Å². The van der Waals surface area contributed by atoms with E-state index in [4.69, 9.17) is 4.74 Å². The van der Waals surface area contributed by atoms with Crippen molar-refractivity contribution in [2.75, 3.05) is 10.6 Å². The molecule has 0 aliphatic heterocycles. The number of nitrogens with one attached hydrogen (secondary N) is 2. The summed E-state index contributed by atoms with van der Waals surface area (Å²) in [5.41, 5.74) is 2.79. The lowest BCUT2D eigenvalue weighted by atomic mass is 9.86. The molecule has 1 aliphatic rings. The summed E-state index contributed by atoms with van der Waals surface area (Å²) in [6, 6.07) is 21.9. The van der Waals surface area contributed by atoms with Gasteiger partial charge in [0.2, 0.25) is 5.91 Å². The van der Waals surface area contributed by atoms with Crippen LogP contribution in [-0.2, 0) is 11.4 Å². The number of rotatable bonds is 9. The van der Waals surface area contributed by atoms with Crippen LogP contribution in [-0.4, -0.2) is 5.91 Å². The number of hydrogen-bond acceptors (Lipinski definition) is 3. The van der Waals surface area contributed by atoms with E-state index >= 15 is 0 Å². The first-order valence-electron chi connectivity index (χ1n) is 11.8. The van der Waals surface area contributed by atoms with Gasteiger partial charge in [0, 0.05) is 23.9 Å². The summed E-state index contributed by atoms with van der Waals surface area (Å²) in [5.74, 6) is 0.785. The number of hydrogen-bond donors (Lipinski definition) is 2. The van der Waals surface area contributed by atoms with Crippen molar-refractivity contribution in [1.82, 2.24) is 0 Å². The minimum absolute atomic E-state index is 0.0313. The Balaban J connectivity index is 1.30. The van der Waals surface area contributed by atoms with Gasteiger partial charge in [-0.05, 0) is 48.2 Å². The maximum atomic E-state index is 14.6. The van der Waals surface area contributed by atoms with Crippen LogP contribution < -0.4 is 15.4 Å². The third-order valence-corrected chi connectivity index (χ3v) is 6.12. The Kier molecular flexibility index (Phi) is 7.96. The maximum Gasteiger partial charge on any atom is 0.224 e. The number of carbonyl (C=O) groups excluding carboxylic acids is 1. The Labute approximate surface area is 195 Å². The van der Waals surface area contributed by atoms with Gasteiger partial charge in [-0.15, -0.1) is 0 Å². The molecule has 2 N–H and O–H groups in total. The molecule has 3 aromatic carbocycles. The summed E-state index contributed by atoms with van der Waals surface area (Å²) in [6.07, 6.45) is 7.89. The van der Waals surface area contributed by atoms with E-state index < -0.39 is 5.82 Å². The van der Waals surface area contributed by atoms with Crippen molar-refractivity contribution in [3.8, 4) is 5.75 Å². The molecule has 0 atom stereocenters. The van der Waals surface area contributed by atoms with Gasteiger partial charge in [0.15, 0.2) is 0 Å². The number of halogens is 1. The number of carbonyl (C=O) groups is 1. The SMILES string of the molecule is O=C(CCC1CCCCC1)Nc1cccc(Nc2ccc(OCc3ccccc3)cc2F)c1. The Hall–Kier alpha value is -3.34. The van der Waals surface area contributed by atoms with E-state index in [9.17, 15) is 9.18 Å². The van der Waals surface area contributed by atoms with Crippen LogP contribution in [0.2, 0.25) is 0 Å². The highest BCUT2D eigenvalue weighted by molar-refractivity contribution is 5.91. The Morgan fingerprint density at radius 1 is 0.909 bits per heavy atom. The molecule has 1 fully saturated rings. The van der Waals surface area contributed by atoms with Crippen molar-refractivity contribution in [3.05, 3.63) is 84.2 Å². The van der Waals surface area contributed by atoms with Gasteiger partial charge in [-0.2, -0.15) is 0 Å². The molecule has 0 unspecified atom stereocenters. The largest absolute Gasteiger partial charge is 0.489 e. The van der Waals surface area contributed by atoms with Gasteiger partial charge in [-0.25, -0.2) is 4.39 Å². The molecule has 1 aliphatic carbocycles. The van der Waals surface area contributed by atoms with Crippen LogP contribution in [0.4, 0.5) is 21.5 Å². The summed E-state index contributed by atoms with van der Waals surface area (Å²) in [6.45, 7) is 0.384. The first-order valence-corrected chi connectivity index (χ1v) is 11.8. The molecular formula is C28H31FN2O2. The molecule has 0 radical (unpaired) electrons. The lowest BCUT2D eigenvalue weighted by molar-refractivity contribution is -0.116. The zero-order valence-corrected chi connectivity index (χ0v) is 18.9. The van der Waals surface area contributed by atoms with Crippen molar-refractivity contribution < 1.29 is 13.9 Å². The third-order valence-electron chi connectivity index (χ3n) is 6.12. The fourth-order valence-electron chi connectivity index (χ4n) is 4.29. The predicted molar refractivity (Wildman–Crippen MR) is 131 cm³/mol. The van der Waals surface area contributed by atoms with Gasteiger partial charge < -0.3 is 15.4 Å². The molecule has 1 saturated carbocycles. The molecule has 3 aromatic rings. The molecule has 5 heteroatoms. The summed E-state index contributed by atoms with van der Waals surface area (Å²) >= 11 is 0. The summed E-state index contributed by atoms with van der Waals surface area (Å²) in [5, 5.41) is 6.06. The Morgan fingerprint density at radius 3 is 2.48 bits per heavy atom. The monoisotopic (exact) mass is 446 g/mol. The van der Waals surface area contributed by atoms with Crippen molar-refractivity contribution in [2.45, 2.75) is 51.6 Å². The summed E-state index contributed by atoms with van der Waals surface area (Å²) < 4.78 is 20.3. The highest BCUT2D eigenvalue weighted by atomic mass is 19.1. The van der Waals surface area contributed by atoms with Crippen LogP contribution in [0.25, 0.3) is 0 Å². The van der Waals surface area contributed by atoms with Crippen molar-refractivity contribution in [2.24, 2.45) is 5.92 Å². The van der Waals surface area contributed by atoms with E-state index in [0.717, 1.165) is 12.0 Å². The maximum absolute atomic E-state index is 14.6. The van der Waals surface area contributed by atoms with Gasteiger partial charge in [0.1, 0.15) is 18.2 Å². The molecule has 0 saturated heterocycles. The molecule has 0 heterocycles. The second kappa shape index (κ2) is 11.5. The second-order valence-electron chi connectivity index (χ2n) is 8.71. The van der Waals surface area contributed by atoms with Gasteiger partial charge in [0.25, 0.3) is 0 Å². The Morgan fingerprint density at radius 2 is 1.70 bits per heavy atom. The van der Waals surface area contributed by atoms with E-state index in [1.54, 1.807) is 12.1 Å². The average molecular weight is 447 g/mol. The number of anilines is 3. The van der Waals surface area contributed by atoms with Crippen LogP contribution in [0.15, 0.2) is 72.8 Å². The van der Waals surface area contributed by atoms with Crippen LogP contribution in [0.5, 0.6) is 5.75 Å². The van der Waals surface area contributed by atoms with E-state index in [-0.39, 0.29) is 5.91 Å². The highest BCUT2D eigenvalue weighted by Crippen LogP contribution is 2.28. The van der Waals surface area contributed by atoms with Gasteiger partial charge in [-0.1, -0.05) is 68.5 Å². The van der Waals surface area contributed by atoms with Crippen molar-refractivity contribution >= 4 is 23.0 Å². The molecule has 33 heavy (non-hydrogen) atoms. The van der Waals surface area contributed by atoms with Crippen molar-refractivity contribution in [1.29, 1.82) is 0 Å². The standard InChI is InChI=1S/C28H31FN2O2/c29-26-19-25(33-20-22-10-5-2-6-11-22)15-16-27(26)30-23-12-7-13-24(18-23)31-28(32)17-14-21-8-3-1-4-9-21/h2,5-7,10-13,15-16,18-19,21,30H,1,3-4,8-9,14,17,20H2,(H,31,32). The van der Waals surface area contributed by atoms with Crippen LogP contribution >= 0.6 is 0 Å². The van der Waals surface area contributed by atoms with Crippen LogP contribution in [0, 0.1) is 11.7 Å². The fourth-order valence-corrected chi connectivity index (χ4v) is 4.29. The Bertz CT molecular complexity index is 1050. The first-order chi connectivity index (χ1) is 16.2. The molecule has 172 valence electrons. The lowest BCUT2D eigenvalue weighted by Gasteiger charge is -2.21. The molecular weight excluding hydrogens is 415 g/mol. The highest BCUT2D eigenvalue weighted by Gasteiger charge is 2.15. The number of ether oxygens (including phenoxy) is 1. The fraction of sp³-hybridized carbons (Fsp3) is 0.321. The first kappa shape index (κ1) is 22.8. The molecule has 1 amide bonds. The molecule has 0 aromatic heterocycles. The van der Waals surface area contributed by atoms with Gasteiger partial charge in [0.05, 0.1) is 5.69 Å². The number of benzene rings is 3. The number of amides is 1. The van der Waals surface area contributed by atoms with Crippen molar-refractivity contribution in [3.63, 3.8) is 0 Å². The minimum atomic E-state index is -0.400. The molecule has 4 rings (SSSR count). The van der Waals surface area contributed by atoms with E-state index in [1.165, 1.54) is 38.2 Å².